The first-order chi connectivity index (χ1) is 12.6. The summed E-state index contributed by atoms with van der Waals surface area (Å²) in [7, 11) is 0. The van der Waals surface area contributed by atoms with Gasteiger partial charge in [-0.25, -0.2) is 14.4 Å². The molecule has 0 spiro atoms. The lowest BCUT2D eigenvalue weighted by Crippen LogP contribution is -2.25. The summed E-state index contributed by atoms with van der Waals surface area (Å²) in [5.74, 6) is -0.390. The zero-order valence-corrected chi connectivity index (χ0v) is 14.2. The van der Waals surface area contributed by atoms with E-state index in [-0.39, 0.29) is 24.0 Å². The minimum atomic E-state index is -0.386. The molecule has 2 aromatic heterocycles. The van der Waals surface area contributed by atoms with Crippen LogP contribution in [0.15, 0.2) is 54.9 Å². The van der Waals surface area contributed by atoms with E-state index in [4.69, 9.17) is 0 Å². The van der Waals surface area contributed by atoms with Gasteiger partial charge in [0.25, 0.3) is 5.91 Å². The highest BCUT2D eigenvalue weighted by molar-refractivity contribution is 5.92. The lowest BCUT2D eigenvalue weighted by atomic mass is 10.2. The van der Waals surface area contributed by atoms with Crippen LogP contribution < -0.4 is 10.6 Å². The highest BCUT2D eigenvalue weighted by atomic mass is 19.1. The van der Waals surface area contributed by atoms with Crippen LogP contribution in [0.3, 0.4) is 0 Å². The lowest BCUT2D eigenvalue weighted by molar-refractivity contribution is 0.0945. The van der Waals surface area contributed by atoms with E-state index < -0.39 is 0 Å². The Bertz CT molecular complexity index is 901. The van der Waals surface area contributed by atoms with Gasteiger partial charge in [-0.15, -0.1) is 0 Å². The van der Waals surface area contributed by atoms with Crippen LogP contribution in [0.1, 0.15) is 27.3 Å². The predicted octanol–water partition coefficient (Wildman–Crippen LogP) is 2.86. The molecule has 0 bridgehead atoms. The molecule has 26 heavy (non-hydrogen) atoms. The van der Waals surface area contributed by atoms with Crippen molar-refractivity contribution in [1.82, 2.24) is 20.3 Å². The van der Waals surface area contributed by atoms with Gasteiger partial charge >= 0.3 is 0 Å². The van der Waals surface area contributed by atoms with Crippen LogP contribution in [-0.2, 0) is 13.1 Å². The summed E-state index contributed by atoms with van der Waals surface area (Å²) in [6, 6.07) is 11.7. The number of aryl methyl sites for hydroxylation is 1. The zero-order chi connectivity index (χ0) is 18.4. The number of aromatic nitrogens is 3. The van der Waals surface area contributed by atoms with E-state index >= 15 is 0 Å². The van der Waals surface area contributed by atoms with Gasteiger partial charge in [0, 0.05) is 36.7 Å². The zero-order valence-electron chi connectivity index (χ0n) is 14.2. The summed E-state index contributed by atoms with van der Waals surface area (Å²) < 4.78 is 13.6. The maximum absolute atomic E-state index is 13.6. The van der Waals surface area contributed by atoms with Crippen molar-refractivity contribution >= 4 is 11.9 Å². The van der Waals surface area contributed by atoms with Crippen molar-refractivity contribution in [2.45, 2.75) is 20.0 Å². The Hall–Kier alpha value is -3.35. The first kappa shape index (κ1) is 17.5. The van der Waals surface area contributed by atoms with Crippen LogP contribution in [0.25, 0.3) is 0 Å². The van der Waals surface area contributed by atoms with Crippen molar-refractivity contribution in [3.63, 3.8) is 0 Å². The molecule has 1 aromatic carbocycles. The third kappa shape index (κ3) is 4.60. The molecule has 3 rings (SSSR count). The summed E-state index contributed by atoms with van der Waals surface area (Å²) in [4.78, 5) is 24.9. The molecule has 0 aliphatic carbocycles. The topological polar surface area (TPSA) is 79.8 Å². The average Bonchev–Trinajstić information content (AvgIpc) is 2.66. The monoisotopic (exact) mass is 351 g/mol. The standard InChI is InChI=1S/C19H18FN5O/c1-13-9-17(18(26)22-12-15-6-2-3-7-16(15)20)25-19(24-13)23-11-14-5-4-8-21-10-14/h2-10H,11-12H2,1H3,(H,22,26)(H,23,24,25). The van der Waals surface area contributed by atoms with E-state index in [1.807, 2.05) is 12.1 Å². The number of halogens is 1. The van der Waals surface area contributed by atoms with Gasteiger partial charge in [0.05, 0.1) is 0 Å². The van der Waals surface area contributed by atoms with E-state index in [0.29, 0.717) is 23.8 Å². The van der Waals surface area contributed by atoms with Crippen molar-refractivity contribution in [3.8, 4) is 0 Å². The molecule has 2 heterocycles. The molecular weight excluding hydrogens is 333 g/mol. The van der Waals surface area contributed by atoms with Crippen LogP contribution in [0, 0.1) is 12.7 Å². The fourth-order valence-corrected chi connectivity index (χ4v) is 2.36. The lowest BCUT2D eigenvalue weighted by Gasteiger charge is -2.09. The third-order valence-electron chi connectivity index (χ3n) is 3.66. The molecule has 2 N–H and O–H groups in total. The molecule has 0 atom stereocenters. The SMILES string of the molecule is Cc1cc(C(=O)NCc2ccccc2F)nc(NCc2cccnc2)n1. The number of anilines is 1. The van der Waals surface area contributed by atoms with Crippen LogP contribution in [0.5, 0.6) is 0 Å². The highest BCUT2D eigenvalue weighted by Gasteiger charge is 2.11. The largest absolute Gasteiger partial charge is 0.350 e. The van der Waals surface area contributed by atoms with Gasteiger partial charge in [0.1, 0.15) is 11.5 Å². The van der Waals surface area contributed by atoms with Crippen LogP contribution in [-0.4, -0.2) is 20.9 Å². The number of nitrogens with zero attached hydrogens (tertiary/aromatic N) is 3. The second-order valence-corrected chi connectivity index (χ2v) is 5.71. The number of carbonyl (C=O) groups excluding carboxylic acids is 1. The Morgan fingerprint density at radius 2 is 1.96 bits per heavy atom. The highest BCUT2D eigenvalue weighted by Crippen LogP contribution is 2.09. The molecule has 0 aliphatic rings. The maximum Gasteiger partial charge on any atom is 0.270 e. The van der Waals surface area contributed by atoms with Crippen LogP contribution in [0.4, 0.5) is 10.3 Å². The van der Waals surface area contributed by atoms with Gasteiger partial charge in [-0.1, -0.05) is 24.3 Å². The van der Waals surface area contributed by atoms with Crippen LogP contribution in [0.2, 0.25) is 0 Å². The Labute approximate surface area is 150 Å². The smallest absolute Gasteiger partial charge is 0.270 e. The molecule has 6 nitrogen and oxygen atoms in total. The summed E-state index contributed by atoms with van der Waals surface area (Å²) in [6.07, 6.45) is 3.44. The van der Waals surface area contributed by atoms with E-state index in [0.717, 1.165) is 5.56 Å². The van der Waals surface area contributed by atoms with E-state index in [1.54, 1.807) is 43.6 Å². The molecule has 0 saturated heterocycles. The van der Waals surface area contributed by atoms with E-state index in [2.05, 4.69) is 25.6 Å². The number of benzene rings is 1. The molecule has 0 aliphatic heterocycles. The van der Waals surface area contributed by atoms with Gasteiger partial charge in [-0.05, 0) is 30.7 Å². The summed E-state index contributed by atoms with van der Waals surface area (Å²) in [5.41, 5.74) is 2.27. The molecule has 132 valence electrons. The second-order valence-electron chi connectivity index (χ2n) is 5.71. The summed E-state index contributed by atoms with van der Waals surface area (Å²) in [6.45, 7) is 2.37. The molecule has 0 radical (unpaired) electrons. The van der Waals surface area contributed by atoms with Gasteiger partial charge in [-0.3, -0.25) is 9.78 Å². The predicted molar refractivity (Wildman–Crippen MR) is 95.9 cm³/mol. The van der Waals surface area contributed by atoms with Gasteiger partial charge < -0.3 is 10.6 Å². The normalized spacial score (nSPS) is 10.4. The minimum Gasteiger partial charge on any atom is -0.350 e. The van der Waals surface area contributed by atoms with Gasteiger partial charge in [0.2, 0.25) is 5.95 Å². The Morgan fingerprint density at radius 1 is 1.12 bits per heavy atom. The average molecular weight is 351 g/mol. The number of rotatable bonds is 6. The first-order valence-corrected chi connectivity index (χ1v) is 8.12. The van der Waals surface area contributed by atoms with Crippen LogP contribution >= 0.6 is 0 Å². The number of nitrogens with one attached hydrogen (secondary N) is 2. The number of hydrogen-bond acceptors (Lipinski definition) is 5. The number of carbonyl (C=O) groups is 1. The number of pyridine rings is 1. The van der Waals surface area contributed by atoms with E-state index in [9.17, 15) is 9.18 Å². The molecule has 0 unspecified atom stereocenters. The van der Waals surface area contributed by atoms with Crippen molar-refractivity contribution in [2.24, 2.45) is 0 Å². The molecule has 0 fully saturated rings. The molecule has 1 amide bonds. The third-order valence-corrected chi connectivity index (χ3v) is 3.66. The molecular formula is C19H18FN5O. The number of hydrogen-bond donors (Lipinski definition) is 2. The Balaban J connectivity index is 1.66. The quantitative estimate of drug-likeness (QED) is 0.714. The maximum atomic E-state index is 13.6. The Morgan fingerprint density at radius 3 is 2.73 bits per heavy atom. The van der Waals surface area contributed by atoms with Crippen molar-refractivity contribution in [3.05, 3.63) is 83.2 Å². The second kappa shape index (κ2) is 8.15. The van der Waals surface area contributed by atoms with Crippen molar-refractivity contribution in [1.29, 1.82) is 0 Å². The molecule has 0 saturated carbocycles. The fourth-order valence-electron chi connectivity index (χ4n) is 2.36. The molecule has 3 aromatic rings. The summed E-state index contributed by atoms with van der Waals surface area (Å²) >= 11 is 0. The number of amides is 1. The van der Waals surface area contributed by atoms with Gasteiger partial charge in [-0.2, -0.15) is 0 Å². The first-order valence-electron chi connectivity index (χ1n) is 8.12. The van der Waals surface area contributed by atoms with Gasteiger partial charge in [0.15, 0.2) is 0 Å². The van der Waals surface area contributed by atoms with E-state index in [1.165, 1.54) is 6.07 Å². The van der Waals surface area contributed by atoms with Crippen molar-refractivity contribution in [2.75, 3.05) is 5.32 Å². The van der Waals surface area contributed by atoms with Crippen molar-refractivity contribution < 1.29 is 9.18 Å². The minimum absolute atomic E-state index is 0.0903. The summed E-state index contributed by atoms with van der Waals surface area (Å²) in [5, 5.41) is 5.76. The molecule has 7 heteroatoms. The fraction of sp³-hybridized carbons (Fsp3) is 0.158. The Kier molecular flexibility index (Phi) is 5.48.